The van der Waals surface area contributed by atoms with Crippen LogP contribution in [0.1, 0.15) is 30.4 Å². The van der Waals surface area contributed by atoms with Crippen LogP contribution in [-0.2, 0) is 16.2 Å². The second-order valence-corrected chi connectivity index (χ2v) is 11.0. The smallest absolute Gasteiger partial charge is 0.294 e. The molecule has 2 saturated heterocycles. The Hall–Kier alpha value is -3.30. The van der Waals surface area contributed by atoms with Gasteiger partial charge in [-0.25, -0.2) is 0 Å². The zero-order chi connectivity index (χ0) is 26.6. The number of halogens is 1. The highest BCUT2D eigenvalue weighted by atomic mass is 79.9. The number of ether oxygens (including phenoxy) is 2. The van der Waals surface area contributed by atoms with Crippen molar-refractivity contribution in [1.82, 2.24) is 9.80 Å². The molecular formula is C29H27BrN2O5S. The van der Waals surface area contributed by atoms with E-state index in [-0.39, 0.29) is 17.4 Å². The summed E-state index contributed by atoms with van der Waals surface area (Å²) in [5, 5.41) is 1.82. The molecule has 3 aromatic carbocycles. The van der Waals surface area contributed by atoms with Gasteiger partial charge in [-0.3, -0.25) is 19.3 Å². The number of hydrogen-bond donors (Lipinski definition) is 0. The monoisotopic (exact) mass is 594 g/mol. The van der Waals surface area contributed by atoms with Crippen LogP contribution in [0.25, 0.3) is 16.8 Å². The standard InChI is InChI=1S/C29H27BrN2O5S/c1-36-24-15-19(14-23(30)27(24)37-18-21-10-7-9-20-8-3-4-11-22(20)21)16-25-28(34)32(29(35)38-25)17-26(33)31-12-5-2-6-13-31/h3-4,7-11,14-16H,2,5-6,12-13,17-18H2,1H3/b25-16-. The Morgan fingerprint density at radius 3 is 2.61 bits per heavy atom. The number of likely N-dealkylation sites (tertiary alicyclic amines) is 1. The predicted molar refractivity (Wildman–Crippen MR) is 152 cm³/mol. The summed E-state index contributed by atoms with van der Waals surface area (Å²) in [7, 11) is 1.55. The largest absolute Gasteiger partial charge is 0.493 e. The SMILES string of the molecule is COc1cc(/C=C2\SC(=O)N(CC(=O)N3CCCCC3)C2=O)cc(Br)c1OCc1cccc2ccccc12. The molecule has 2 aliphatic rings. The topological polar surface area (TPSA) is 76.2 Å². The number of methoxy groups -OCH3 is 1. The predicted octanol–water partition coefficient (Wildman–Crippen LogP) is 6.24. The molecule has 0 N–H and O–H groups in total. The van der Waals surface area contributed by atoms with E-state index in [2.05, 4.69) is 34.1 Å². The number of fused-ring (bicyclic) bond motifs is 1. The van der Waals surface area contributed by atoms with Crippen LogP contribution in [0, 0.1) is 0 Å². The quantitative estimate of drug-likeness (QED) is 0.301. The number of carbonyl (C=O) groups is 3. The lowest BCUT2D eigenvalue weighted by Gasteiger charge is -2.27. The van der Waals surface area contributed by atoms with Crippen molar-refractivity contribution in [2.45, 2.75) is 25.9 Å². The van der Waals surface area contributed by atoms with Gasteiger partial charge in [-0.05, 0) is 87.1 Å². The molecule has 2 aliphatic heterocycles. The van der Waals surface area contributed by atoms with Crippen LogP contribution in [0.4, 0.5) is 4.79 Å². The fourth-order valence-corrected chi connectivity index (χ4v) is 6.11. The normalized spacial score (nSPS) is 16.9. The molecule has 38 heavy (non-hydrogen) atoms. The molecule has 0 atom stereocenters. The number of amides is 3. The molecule has 0 spiro atoms. The zero-order valence-electron chi connectivity index (χ0n) is 20.9. The summed E-state index contributed by atoms with van der Waals surface area (Å²) in [6.07, 6.45) is 4.63. The minimum Gasteiger partial charge on any atom is -0.493 e. The Kier molecular flexibility index (Phi) is 8.04. The van der Waals surface area contributed by atoms with Gasteiger partial charge in [0.05, 0.1) is 16.5 Å². The van der Waals surface area contributed by atoms with Crippen LogP contribution in [0.3, 0.4) is 0 Å². The molecule has 0 unspecified atom stereocenters. The van der Waals surface area contributed by atoms with E-state index in [9.17, 15) is 14.4 Å². The number of thioether (sulfide) groups is 1. The number of imide groups is 1. The van der Waals surface area contributed by atoms with E-state index in [4.69, 9.17) is 9.47 Å². The first-order chi connectivity index (χ1) is 18.4. The third kappa shape index (κ3) is 5.59. The number of rotatable bonds is 7. The molecule has 3 aromatic rings. The van der Waals surface area contributed by atoms with Gasteiger partial charge in [-0.2, -0.15) is 0 Å². The first-order valence-corrected chi connectivity index (χ1v) is 14.1. The summed E-state index contributed by atoms with van der Waals surface area (Å²) in [5.74, 6) is 0.380. The highest BCUT2D eigenvalue weighted by Crippen LogP contribution is 2.40. The highest BCUT2D eigenvalue weighted by molar-refractivity contribution is 9.10. The molecule has 196 valence electrons. The first-order valence-electron chi connectivity index (χ1n) is 12.4. The second kappa shape index (κ2) is 11.6. The molecule has 2 heterocycles. The van der Waals surface area contributed by atoms with Crippen molar-refractivity contribution in [3.8, 4) is 11.5 Å². The minimum atomic E-state index is -0.461. The van der Waals surface area contributed by atoms with Crippen LogP contribution >= 0.6 is 27.7 Å². The molecule has 0 saturated carbocycles. The van der Waals surface area contributed by atoms with Crippen molar-refractivity contribution in [2.24, 2.45) is 0 Å². The average molecular weight is 596 g/mol. The Morgan fingerprint density at radius 2 is 1.82 bits per heavy atom. The Labute approximate surface area is 233 Å². The molecule has 0 radical (unpaired) electrons. The third-order valence-electron chi connectivity index (χ3n) is 6.68. The number of carbonyl (C=O) groups excluding carboxylic acids is 3. The van der Waals surface area contributed by atoms with Crippen LogP contribution < -0.4 is 9.47 Å². The Balaban J connectivity index is 1.32. The fourth-order valence-electron chi connectivity index (χ4n) is 4.70. The molecule has 0 bridgehead atoms. The molecule has 7 nitrogen and oxygen atoms in total. The van der Waals surface area contributed by atoms with Gasteiger partial charge in [0, 0.05) is 13.1 Å². The lowest BCUT2D eigenvalue weighted by molar-refractivity contribution is -0.136. The van der Waals surface area contributed by atoms with Crippen molar-refractivity contribution in [1.29, 1.82) is 0 Å². The maximum absolute atomic E-state index is 13.0. The van der Waals surface area contributed by atoms with E-state index in [0.717, 1.165) is 52.3 Å². The van der Waals surface area contributed by atoms with Crippen molar-refractivity contribution < 1.29 is 23.9 Å². The lowest BCUT2D eigenvalue weighted by atomic mass is 10.1. The average Bonchev–Trinajstić information content (AvgIpc) is 3.19. The van der Waals surface area contributed by atoms with Gasteiger partial charge in [0.15, 0.2) is 11.5 Å². The molecular weight excluding hydrogens is 568 g/mol. The second-order valence-electron chi connectivity index (χ2n) is 9.17. The molecule has 3 amide bonds. The van der Waals surface area contributed by atoms with Gasteiger partial charge in [0.1, 0.15) is 13.2 Å². The first kappa shape index (κ1) is 26.3. The van der Waals surface area contributed by atoms with Gasteiger partial charge < -0.3 is 14.4 Å². The number of benzene rings is 3. The van der Waals surface area contributed by atoms with Crippen LogP contribution in [-0.4, -0.2) is 53.6 Å². The number of nitrogens with zero attached hydrogens (tertiary/aromatic N) is 2. The third-order valence-corrected chi connectivity index (χ3v) is 8.17. The number of hydrogen-bond acceptors (Lipinski definition) is 6. The van der Waals surface area contributed by atoms with E-state index in [0.29, 0.717) is 41.2 Å². The summed E-state index contributed by atoms with van der Waals surface area (Å²) in [4.78, 5) is 41.2. The van der Waals surface area contributed by atoms with E-state index in [1.165, 1.54) is 0 Å². The summed E-state index contributed by atoms with van der Waals surface area (Å²) in [6.45, 7) is 1.47. The maximum Gasteiger partial charge on any atom is 0.294 e. The molecule has 2 fully saturated rings. The molecule has 5 rings (SSSR count). The summed E-state index contributed by atoms with van der Waals surface area (Å²) >= 11 is 4.41. The van der Waals surface area contributed by atoms with Crippen molar-refractivity contribution in [3.63, 3.8) is 0 Å². The van der Waals surface area contributed by atoms with E-state index in [1.807, 2.05) is 30.3 Å². The Bertz CT molecular complexity index is 1430. The maximum atomic E-state index is 13.0. The Morgan fingerprint density at radius 1 is 1.05 bits per heavy atom. The van der Waals surface area contributed by atoms with Gasteiger partial charge in [0.2, 0.25) is 5.91 Å². The van der Waals surface area contributed by atoms with Crippen LogP contribution in [0.15, 0.2) is 64.0 Å². The van der Waals surface area contributed by atoms with Crippen LogP contribution in [0.2, 0.25) is 0 Å². The summed E-state index contributed by atoms with van der Waals surface area (Å²) in [6, 6.07) is 17.8. The van der Waals surface area contributed by atoms with Crippen molar-refractivity contribution in [3.05, 3.63) is 75.1 Å². The summed E-state index contributed by atoms with van der Waals surface area (Å²) < 4.78 is 12.4. The lowest BCUT2D eigenvalue weighted by Crippen LogP contribution is -2.44. The van der Waals surface area contributed by atoms with Crippen molar-refractivity contribution in [2.75, 3.05) is 26.7 Å². The molecule has 0 aromatic heterocycles. The fraction of sp³-hybridized carbons (Fsp3) is 0.276. The summed E-state index contributed by atoms with van der Waals surface area (Å²) in [5.41, 5.74) is 1.72. The minimum absolute atomic E-state index is 0.189. The van der Waals surface area contributed by atoms with Crippen LogP contribution in [0.5, 0.6) is 11.5 Å². The van der Waals surface area contributed by atoms with E-state index >= 15 is 0 Å². The van der Waals surface area contributed by atoms with Gasteiger partial charge in [-0.15, -0.1) is 0 Å². The molecule has 0 aliphatic carbocycles. The van der Waals surface area contributed by atoms with Gasteiger partial charge in [-0.1, -0.05) is 42.5 Å². The van der Waals surface area contributed by atoms with E-state index in [1.54, 1.807) is 24.2 Å². The zero-order valence-corrected chi connectivity index (χ0v) is 23.3. The van der Waals surface area contributed by atoms with E-state index < -0.39 is 11.1 Å². The highest BCUT2D eigenvalue weighted by Gasteiger charge is 2.37. The van der Waals surface area contributed by atoms with Gasteiger partial charge in [0.25, 0.3) is 11.1 Å². The molecule has 9 heteroatoms. The van der Waals surface area contributed by atoms with Gasteiger partial charge >= 0.3 is 0 Å². The van der Waals surface area contributed by atoms with Crippen molar-refractivity contribution >= 4 is 61.6 Å². The number of piperidine rings is 1.